The van der Waals surface area contributed by atoms with Gasteiger partial charge in [0.1, 0.15) is 13.5 Å². The Hall–Kier alpha value is -6.55. The number of methoxy groups -OCH3 is 2. The van der Waals surface area contributed by atoms with E-state index in [1.165, 1.54) is 46.9 Å². The fraction of sp³-hybridized carbons (Fsp3) is 0.312. The molecular formula is C48H47Cl2F2N13O5S2. The highest BCUT2D eigenvalue weighted by Crippen LogP contribution is 2.25. The fourth-order valence-corrected chi connectivity index (χ4v) is 9.63. The van der Waals surface area contributed by atoms with Gasteiger partial charge in [-0.05, 0) is 42.5 Å². The van der Waals surface area contributed by atoms with Crippen LogP contribution in [0.25, 0.3) is 11.4 Å². The van der Waals surface area contributed by atoms with Crippen LogP contribution >= 0.6 is 45.9 Å². The van der Waals surface area contributed by atoms with Crippen molar-refractivity contribution in [2.45, 2.75) is 33.5 Å². The van der Waals surface area contributed by atoms with Gasteiger partial charge in [0.25, 0.3) is 11.8 Å². The maximum Gasteiger partial charge on any atom is 0.256 e. The van der Waals surface area contributed by atoms with Crippen molar-refractivity contribution in [3.05, 3.63) is 149 Å². The molecule has 7 aromatic rings. The zero-order valence-electron chi connectivity index (χ0n) is 39.3. The standard InChI is InChI=1S/C25H25ClFN7O3S.C23H22ClFN6O2S/c1-16-28-23(31-37-16)17-12-18(29-21(13-17)30-25-34(15-36-2)10-11-38-25)14-32-6-8-33(9-7-32)24(35)19-4-3-5-20(26)22(19)27;1-33-15-31-9-10-34-23(31)28-20-12-16(13-26)11-17(27-20)14-29-5-7-30(8-6-29)22(32)18-3-2-4-19(24)21(18)25/h3-5,10-13H,6-9,14-15H2,1-2H3;2-4,9-12H,5-8,14-15H2,1H3. The van der Waals surface area contributed by atoms with Gasteiger partial charge in [-0.2, -0.15) is 10.2 Å². The molecule has 0 aliphatic carbocycles. The highest BCUT2D eigenvalue weighted by atomic mass is 35.5. The van der Waals surface area contributed by atoms with Crippen LogP contribution in [0.1, 0.15) is 43.6 Å². The molecule has 0 radical (unpaired) electrons. The third kappa shape index (κ3) is 12.9. The van der Waals surface area contributed by atoms with Gasteiger partial charge in [0.05, 0.1) is 44.2 Å². The Balaban J connectivity index is 0.000000194. The minimum atomic E-state index is -0.692. The summed E-state index contributed by atoms with van der Waals surface area (Å²) < 4.78 is 47.9. The second-order valence-electron chi connectivity index (χ2n) is 16.4. The number of amides is 2. The molecule has 0 saturated carbocycles. The number of halogens is 4. The van der Waals surface area contributed by atoms with E-state index in [9.17, 15) is 23.6 Å². The third-order valence-electron chi connectivity index (χ3n) is 11.4. The summed E-state index contributed by atoms with van der Waals surface area (Å²) in [5, 5.41) is 17.2. The first-order valence-electron chi connectivity index (χ1n) is 22.4. The summed E-state index contributed by atoms with van der Waals surface area (Å²) in [6, 6.07) is 18.2. The lowest BCUT2D eigenvalue weighted by atomic mass is 10.1. The second kappa shape index (κ2) is 24.2. The first-order valence-corrected chi connectivity index (χ1v) is 24.9. The molecule has 7 heterocycles. The predicted molar refractivity (Wildman–Crippen MR) is 265 cm³/mol. The number of ether oxygens (including phenoxy) is 2. The van der Waals surface area contributed by atoms with Crippen molar-refractivity contribution in [3.63, 3.8) is 0 Å². The van der Waals surface area contributed by atoms with Crippen molar-refractivity contribution in [2.75, 3.05) is 66.6 Å². The van der Waals surface area contributed by atoms with Gasteiger partial charge in [0, 0.05) is 121 Å². The van der Waals surface area contributed by atoms with Crippen molar-refractivity contribution in [1.82, 2.24) is 48.8 Å². The van der Waals surface area contributed by atoms with Gasteiger partial charge >= 0.3 is 0 Å². The number of benzene rings is 2. The minimum absolute atomic E-state index is 0.0127. The van der Waals surface area contributed by atoms with Crippen molar-refractivity contribution >= 4 is 69.3 Å². The molecule has 2 fully saturated rings. The summed E-state index contributed by atoms with van der Waals surface area (Å²) in [6.45, 7) is 7.73. The predicted octanol–water partition coefficient (Wildman–Crippen LogP) is 7.29. The molecule has 2 aliphatic rings. The van der Waals surface area contributed by atoms with E-state index >= 15 is 0 Å². The minimum Gasteiger partial charge on any atom is -0.364 e. The molecule has 72 heavy (non-hydrogen) atoms. The Morgan fingerprint density at radius 3 is 1.67 bits per heavy atom. The van der Waals surface area contributed by atoms with E-state index in [2.05, 4.69) is 36.0 Å². The van der Waals surface area contributed by atoms with E-state index in [0.717, 1.165) is 20.9 Å². The van der Waals surface area contributed by atoms with E-state index in [1.54, 1.807) is 55.2 Å². The molecule has 2 saturated heterocycles. The number of rotatable bonds is 13. The summed E-state index contributed by atoms with van der Waals surface area (Å²) in [6.07, 6.45) is 3.77. The van der Waals surface area contributed by atoms with Crippen molar-refractivity contribution in [3.8, 4) is 17.5 Å². The Kier molecular flexibility index (Phi) is 17.4. The fourth-order valence-electron chi connectivity index (χ4n) is 7.83. The average molecular weight is 1060 g/mol. The number of carbonyl (C=O) groups excluding carboxylic acids is 2. The van der Waals surface area contributed by atoms with Crippen LogP contribution in [-0.4, -0.2) is 127 Å². The van der Waals surface area contributed by atoms with Crippen molar-refractivity contribution < 1.29 is 32.4 Å². The first-order chi connectivity index (χ1) is 34.9. The number of aryl methyl sites for hydroxylation is 1. The zero-order valence-corrected chi connectivity index (χ0v) is 42.4. The normalized spacial score (nSPS) is 14.9. The largest absolute Gasteiger partial charge is 0.364 e. The summed E-state index contributed by atoms with van der Waals surface area (Å²) in [7, 11) is 3.24. The number of piperazine rings is 2. The van der Waals surface area contributed by atoms with Gasteiger partial charge in [0.15, 0.2) is 32.9 Å². The molecule has 18 nitrogen and oxygen atoms in total. The number of thiazole rings is 2. The molecule has 2 aliphatic heterocycles. The Morgan fingerprint density at radius 1 is 0.722 bits per heavy atom. The maximum absolute atomic E-state index is 14.4. The summed E-state index contributed by atoms with van der Waals surface area (Å²) >= 11 is 14.6. The van der Waals surface area contributed by atoms with Gasteiger partial charge in [-0.25, -0.2) is 28.7 Å². The van der Waals surface area contributed by atoms with Crippen LogP contribution in [0, 0.1) is 29.9 Å². The second-order valence-corrected chi connectivity index (χ2v) is 18.9. The highest BCUT2D eigenvalue weighted by Gasteiger charge is 2.27. The lowest BCUT2D eigenvalue weighted by Gasteiger charge is -2.34. The molecule has 2 aromatic carbocycles. The molecule has 0 spiro atoms. The summed E-state index contributed by atoms with van der Waals surface area (Å²) in [5.41, 5.74) is 2.68. The van der Waals surface area contributed by atoms with Gasteiger partial charge in [-0.15, -0.1) is 22.7 Å². The summed E-state index contributed by atoms with van der Waals surface area (Å²) in [4.78, 5) is 57.7. The Labute approximate surface area is 430 Å². The molecule has 0 N–H and O–H groups in total. The van der Waals surface area contributed by atoms with Crippen LogP contribution in [0.4, 0.5) is 20.4 Å². The molecule has 374 valence electrons. The average Bonchev–Trinajstić information content (AvgIpc) is 4.15. The Morgan fingerprint density at radius 2 is 1.21 bits per heavy atom. The molecule has 0 unspecified atom stereocenters. The zero-order chi connectivity index (χ0) is 50.7. The molecule has 2 amide bonds. The van der Waals surface area contributed by atoms with Gasteiger partial charge in [-0.3, -0.25) is 28.5 Å². The van der Waals surface area contributed by atoms with Gasteiger partial charge < -0.3 is 23.8 Å². The van der Waals surface area contributed by atoms with E-state index < -0.39 is 11.6 Å². The molecular weight excluding hydrogens is 1010 g/mol. The van der Waals surface area contributed by atoms with Crippen molar-refractivity contribution in [2.24, 2.45) is 9.98 Å². The molecule has 0 bridgehead atoms. The van der Waals surface area contributed by atoms with Gasteiger partial charge in [-0.1, -0.05) is 40.5 Å². The molecule has 9 rings (SSSR count). The lowest BCUT2D eigenvalue weighted by Crippen LogP contribution is -2.48. The van der Waals surface area contributed by atoms with Crippen LogP contribution < -0.4 is 9.60 Å². The highest BCUT2D eigenvalue weighted by molar-refractivity contribution is 7.07. The van der Waals surface area contributed by atoms with E-state index in [-0.39, 0.29) is 33.0 Å². The SMILES string of the molecule is COCn1ccsc1=Nc1cc(-c2noc(C)n2)cc(CN2CCN(C(=O)c3cccc(Cl)c3F)CC2)n1.COCn1ccsc1=Nc1cc(C#N)cc(CN2CCN(C(=O)c3cccc(Cl)c3F)CC2)n1. The van der Waals surface area contributed by atoms with E-state index in [0.29, 0.717) is 114 Å². The van der Waals surface area contributed by atoms with Crippen LogP contribution in [0.3, 0.4) is 0 Å². The first kappa shape index (κ1) is 51.8. The van der Waals surface area contributed by atoms with Crippen LogP contribution in [0.15, 0.2) is 98.3 Å². The number of nitrogens with zero attached hydrogens (tertiary/aromatic N) is 13. The number of pyridine rings is 2. The van der Waals surface area contributed by atoms with Crippen LogP contribution in [0.2, 0.25) is 10.0 Å². The lowest BCUT2D eigenvalue weighted by molar-refractivity contribution is 0.0615. The van der Waals surface area contributed by atoms with Crippen LogP contribution in [0.5, 0.6) is 0 Å². The van der Waals surface area contributed by atoms with E-state index in [4.69, 9.17) is 47.2 Å². The number of aromatic nitrogens is 6. The summed E-state index contributed by atoms with van der Waals surface area (Å²) in [5.74, 6) is -0.230. The monoisotopic (exact) mass is 1060 g/mol. The molecule has 5 aromatic heterocycles. The van der Waals surface area contributed by atoms with Gasteiger partial charge in [0.2, 0.25) is 11.7 Å². The van der Waals surface area contributed by atoms with E-state index in [1.807, 2.05) is 44.4 Å². The number of carbonyl (C=O) groups is 2. The van der Waals surface area contributed by atoms with Crippen LogP contribution in [-0.2, 0) is 36.0 Å². The third-order valence-corrected chi connectivity index (χ3v) is 13.5. The topological polar surface area (TPSA) is 189 Å². The van der Waals surface area contributed by atoms with Crippen molar-refractivity contribution in [1.29, 1.82) is 5.26 Å². The number of hydrogen-bond donors (Lipinski definition) is 0. The molecule has 24 heteroatoms. The number of nitriles is 1. The number of hydrogen-bond acceptors (Lipinski definition) is 16. The maximum atomic E-state index is 14.4. The molecule has 0 atom stereocenters. The quantitative estimate of drug-likeness (QED) is 0.112. The Bertz CT molecular complexity index is 3230. The smallest absolute Gasteiger partial charge is 0.256 e.